The summed E-state index contributed by atoms with van der Waals surface area (Å²) in [7, 11) is 0. The van der Waals surface area contributed by atoms with Crippen molar-refractivity contribution in [2.75, 3.05) is 31.6 Å². The van der Waals surface area contributed by atoms with Crippen LogP contribution in [0.15, 0.2) is 42.6 Å². The van der Waals surface area contributed by atoms with E-state index in [1.54, 1.807) is 29.3 Å². The van der Waals surface area contributed by atoms with E-state index in [0.717, 1.165) is 21.4 Å². The highest BCUT2D eigenvalue weighted by molar-refractivity contribution is 7.19. The molecule has 3 aromatic heterocycles. The minimum atomic E-state index is -0.662. The number of rotatable bonds is 3. The van der Waals surface area contributed by atoms with Gasteiger partial charge in [0.15, 0.2) is 5.13 Å². The molecule has 0 radical (unpaired) electrons. The molecule has 1 aliphatic heterocycles. The van der Waals surface area contributed by atoms with Crippen molar-refractivity contribution in [1.82, 2.24) is 19.4 Å². The molecule has 1 N–H and O–H groups in total. The summed E-state index contributed by atoms with van der Waals surface area (Å²) in [4.78, 5) is 37.8. The van der Waals surface area contributed by atoms with Gasteiger partial charge >= 0.3 is 12.1 Å². The molecule has 0 atom stereocenters. The second-order valence-corrected chi connectivity index (χ2v) is 11.1. The van der Waals surface area contributed by atoms with Gasteiger partial charge in [0, 0.05) is 41.5 Å². The van der Waals surface area contributed by atoms with Crippen LogP contribution in [0.5, 0.6) is 0 Å². The summed E-state index contributed by atoms with van der Waals surface area (Å²) in [5.74, 6) is 0. The van der Waals surface area contributed by atoms with E-state index in [1.807, 2.05) is 45.9 Å². The number of ether oxygens (including phenoxy) is 2. The second kappa shape index (κ2) is 10.5. The van der Waals surface area contributed by atoms with E-state index in [0.29, 0.717) is 54.0 Å². The Morgan fingerprint density at radius 3 is 2.64 bits per heavy atom. The number of thiazole rings is 1. The summed E-state index contributed by atoms with van der Waals surface area (Å²) in [6, 6.07) is 12.9. The average molecular weight is 545 g/mol. The minimum absolute atomic E-state index is 0.247. The maximum Gasteiger partial charge on any atom is 0.420 e. The molecule has 0 unspecified atom stereocenters. The SMILES string of the molecule is Cc1cc(-c2sc(NC(=O)N3CCOCC3)nc2-c2cccc(C#N)c2)c2ccn(C(=O)OC(C)(C)C)c2n1. The molecule has 0 aliphatic carbocycles. The summed E-state index contributed by atoms with van der Waals surface area (Å²) in [5, 5.41) is 13.6. The average Bonchev–Trinajstić information content (AvgIpc) is 3.52. The van der Waals surface area contributed by atoms with Crippen LogP contribution in [-0.2, 0) is 9.47 Å². The Hall–Kier alpha value is -4.27. The van der Waals surface area contributed by atoms with Crippen LogP contribution in [0.4, 0.5) is 14.7 Å². The molecule has 4 heterocycles. The third-order valence-corrected chi connectivity index (χ3v) is 7.03. The molecule has 11 heteroatoms. The third kappa shape index (κ3) is 5.62. The van der Waals surface area contributed by atoms with Gasteiger partial charge in [-0.25, -0.2) is 24.1 Å². The number of morpholine rings is 1. The van der Waals surface area contributed by atoms with E-state index in [4.69, 9.17) is 14.5 Å². The molecule has 39 heavy (non-hydrogen) atoms. The molecule has 4 aromatic rings. The number of pyridine rings is 1. The highest BCUT2D eigenvalue weighted by atomic mass is 32.1. The first-order valence-electron chi connectivity index (χ1n) is 12.5. The molecular weight excluding hydrogens is 516 g/mol. The lowest BCUT2D eigenvalue weighted by molar-refractivity contribution is 0.0543. The first-order valence-corrected chi connectivity index (χ1v) is 13.3. The van der Waals surface area contributed by atoms with Crippen LogP contribution in [0.25, 0.3) is 32.7 Å². The number of nitrogens with zero attached hydrogens (tertiary/aromatic N) is 5. The summed E-state index contributed by atoms with van der Waals surface area (Å²) in [6.45, 7) is 9.28. The number of urea groups is 1. The number of carbonyl (C=O) groups excluding carboxylic acids is 2. The van der Waals surface area contributed by atoms with Crippen LogP contribution in [-0.4, -0.2) is 63.5 Å². The monoisotopic (exact) mass is 544 g/mol. The Morgan fingerprint density at radius 2 is 1.92 bits per heavy atom. The second-order valence-electron chi connectivity index (χ2n) is 10.1. The Bertz CT molecular complexity index is 1600. The van der Waals surface area contributed by atoms with Gasteiger partial charge in [-0.1, -0.05) is 23.5 Å². The first-order chi connectivity index (χ1) is 18.6. The number of hydrogen-bond acceptors (Lipinski definition) is 8. The van der Waals surface area contributed by atoms with Crippen molar-refractivity contribution >= 4 is 39.6 Å². The van der Waals surface area contributed by atoms with Crippen LogP contribution in [0, 0.1) is 18.3 Å². The summed E-state index contributed by atoms with van der Waals surface area (Å²) in [6.07, 6.45) is 1.12. The molecule has 1 saturated heterocycles. The van der Waals surface area contributed by atoms with Crippen LogP contribution in [0.1, 0.15) is 32.0 Å². The van der Waals surface area contributed by atoms with E-state index < -0.39 is 11.7 Å². The van der Waals surface area contributed by atoms with Crippen molar-refractivity contribution in [1.29, 1.82) is 5.26 Å². The standard InChI is InChI=1S/C28H28N6O4S/c1-17-14-21(20-8-9-34(24(20)30-17)27(36)38-28(2,3)4)23-22(19-7-5-6-18(15-19)16-29)31-25(39-23)32-26(35)33-10-12-37-13-11-33/h5-9,14-15H,10-13H2,1-4H3,(H,31,32,35). The molecule has 10 nitrogen and oxygen atoms in total. The van der Waals surface area contributed by atoms with Gasteiger partial charge < -0.3 is 14.4 Å². The first kappa shape index (κ1) is 26.3. The number of hydrogen-bond donors (Lipinski definition) is 1. The highest BCUT2D eigenvalue weighted by Crippen LogP contribution is 2.42. The molecule has 5 rings (SSSR count). The van der Waals surface area contributed by atoms with E-state index in [9.17, 15) is 14.9 Å². The van der Waals surface area contributed by atoms with Crippen LogP contribution in [0.3, 0.4) is 0 Å². The molecule has 0 bridgehead atoms. The maximum atomic E-state index is 12.9. The fourth-order valence-electron chi connectivity index (χ4n) is 4.31. The lowest BCUT2D eigenvalue weighted by atomic mass is 10.0. The predicted octanol–water partition coefficient (Wildman–Crippen LogP) is 5.65. The van der Waals surface area contributed by atoms with Gasteiger partial charge in [0.25, 0.3) is 0 Å². The summed E-state index contributed by atoms with van der Waals surface area (Å²) < 4.78 is 12.3. The van der Waals surface area contributed by atoms with Crippen LogP contribution in [0.2, 0.25) is 0 Å². The Labute approximate surface area is 229 Å². The molecule has 0 saturated carbocycles. The van der Waals surface area contributed by atoms with E-state index in [1.165, 1.54) is 15.9 Å². The summed E-state index contributed by atoms with van der Waals surface area (Å²) >= 11 is 1.33. The molecule has 2 amide bonds. The number of anilines is 1. The smallest absolute Gasteiger partial charge is 0.420 e. The van der Waals surface area contributed by atoms with E-state index >= 15 is 0 Å². The Balaban J connectivity index is 1.63. The molecule has 1 fully saturated rings. The van der Waals surface area contributed by atoms with Gasteiger partial charge in [-0.05, 0) is 52.0 Å². The number of nitrogens with one attached hydrogen (secondary N) is 1. The third-order valence-electron chi connectivity index (χ3n) is 6.02. The van der Waals surface area contributed by atoms with Gasteiger partial charge in [-0.15, -0.1) is 0 Å². The minimum Gasteiger partial charge on any atom is -0.443 e. The van der Waals surface area contributed by atoms with Gasteiger partial charge in [0.05, 0.1) is 35.4 Å². The summed E-state index contributed by atoms with van der Waals surface area (Å²) in [5.41, 5.74) is 3.16. The van der Waals surface area contributed by atoms with E-state index in [-0.39, 0.29) is 6.03 Å². The van der Waals surface area contributed by atoms with Crippen molar-refractivity contribution in [2.45, 2.75) is 33.3 Å². The quantitative estimate of drug-likeness (QED) is 0.353. The van der Waals surface area contributed by atoms with Gasteiger partial charge in [0.1, 0.15) is 11.2 Å². The van der Waals surface area contributed by atoms with Crippen molar-refractivity contribution < 1.29 is 19.1 Å². The zero-order valence-corrected chi connectivity index (χ0v) is 23.0. The molecular formula is C28H28N6O4S. The number of amides is 2. The lowest BCUT2D eigenvalue weighted by Gasteiger charge is -2.26. The van der Waals surface area contributed by atoms with Gasteiger partial charge in [-0.3, -0.25) is 5.32 Å². The zero-order valence-electron chi connectivity index (χ0n) is 22.1. The molecule has 0 spiro atoms. The van der Waals surface area contributed by atoms with Crippen molar-refractivity contribution in [3.05, 3.63) is 53.9 Å². The number of benzene rings is 1. The fraction of sp³-hybridized carbons (Fsp3) is 0.321. The van der Waals surface area contributed by atoms with Gasteiger partial charge in [0.2, 0.25) is 0 Å². The number of nitriles is 1. The molecule has 200 valence electrons. The van der Waals surface area contributed by atoms with Crippen LogP contribution >= 0.6 is 11.3 Å². The van der Waals surface area contributed by atoms with Crippen LogP contribution < -0.4 is 5.32 Å². The topological polar surface area (TPSA) is 122 Å². The zero-order chi connectivity index (χ0) is 27.7. The van der Waals surface area contributed by atoms with Crippen molar-refractivity contribution in [3.63, 3.8) is 0 Å². The largest absolute Gasteiger partial charge is 0.443 e. The molecule has 1 aliphatic rings. The number of carbonyl (C=O) groups is 2. The Kier molecular flexibility index (Phi) is 7.08. The molecule has 1 aromatic carbocycles. The fourth-order valence-corrected chi connectivity index (χ4v) is 5.31. The van der Waals surface area contributed by atoms with E-state index in [2.05, 4.69) is 16.4 Å². The normalized spacial score (nSPS) is 13.8. The number of fused-ring (bicyclic) bond motifs is 1. The lowest BCUT2D eigenvalue weighted by Crippen LogP contribution is -2.43. The number of aryl methyl sites for hydroxylation is 1. The number of aromatic nitrogens is 3. The van der Waals surface area contributed by atoms with Crippen molar-refractivity contribution in [2.24, 2.45) is 0 Å². The highest BCUT2D eigenvalue weighted by Gasteiger charge is 2.25. The predicted molar refractivity (Wildman–Crippen MR) is 149 cm³/mol. The van der Waals surface area contributed by atoms with Crippen molar-refractivity contribution in [3.8, 4) is 27.8 Å². The Morgan fingerprint density at radius 1 is 1.15 bits per heavy atom. The van der Waals surface area contributed by atoms with Gasteiger partial charge in [-0.2, -0.15) is 5.26 Å². The maximum absolute atomic E-state index is 12.9.